The minimum absolute atomic E-state index is 0.00766. The highest BCUT2D eigenvalue weighted by Crippen LogP contribution is 2.19. The number of carbonyl (C=O) groups excluding carboxylic acids is 2. The number of amides is 1. The fourth-order valence-electron chi connectivity index (χ4n) is 3.10. The van der Waals surface area contributed by atoms with Crippen LogP contribution in [0.2, 0.25) is 0 Å². The third-order valence-electron chi connectivity index (χ3n) is 4.74. The molecule has 0 saturated carbocycles. The van der Waals surface area contributed by atoms with Crippen molar-refractivity contribution in [2.45, 2.75) is 6.61 Å². The number of anilines is 3. The second-order valence-corrected chi connectivity index (χ2v) is 7.21. The predicted octanol–water partition coefficient (Wildman–Crippen LogP) is 3.34. The minimum atomic E-state index is -0.634. The van der Waals surface area contributed by atoms with Gasteiger partial charge >= 0.3 is 5.97 Å². The fraction of sp³-hybridized carbons (Fsp3) is 0.0800. The van der Waals surface area contributed by atoms with Gasteiger partial charge in [-0.15, -0.1) is 0 Å². The molecule has 9 nitrogen and oxygen atoms in total. The largest absolute Gasteiger partial charge is 0.456 e. The van der Waals surface area contributed by atoms with Gasteiger partial charge in [-0.2, -0.15) is 15.0 Å². The number of nitrogens with zero attached hydrogens (tertiary/aromatic N) is 3. The Kier molecular flexibility index (Phi) is 7.04. The molecule has 4 N–H and O–H groups in total. The Labute approximate surface area is 196 Å². The van der Waals surface area contributed by atoms with Crippen LogP contribution in [0.3, 0.4) is 0 Å². The molecule has 0 radical (unpaired) electrons. The van der Waals surface area contributed by atoms with Gasteiger partial charge in [0.15, 0.2) is 12.4 Å². The zero-order chi connectivity index (χ0) is 23.8. The average Bonchev–Trinajstić information content (AvgIpc) is 2.87. The van der Waals surface area contributed by atoms with Crippen molar-refractivity contribution in [3.63, 3.8) is 0 Å². The molecule has 0 spiro atoms. The van der Waals surface area contributed by atoms with E-state index in [1.54, 1.807) is 12.1 Å². The van der Waals surface area contributed by atoms with Gasteiger partial charge in [0.2, 0.25) is 11.9 Å². The van der Waals surface area contributed by atoms with Crippen LogP contribution in [-0.2, 0) is 16.1 Å². The van der Waals surface area contributed by atoms with E-state index < -0.39 is 5.97 Å². The number of esters is 1. The molecule has 0 saturated heterocycles. The molecule has 0 aliphatic carbocycles. The normalized spacial score (nSPS) is 10.4. The Morgan fingerprint density at radius 2 is 1.44 bits per heavy atom. The third kappa shape index (κ3) is 6.13. The van der Waals surface area contributed by atoms with E-state index in [1.165, 1.54) is 0 Å². The topological polar surface area (TPSA) is 132 Å². The predicted molar refractivity (Wildman–Crippen MR) is 128 cm³/mol. The molecule has 0 unspecified atom stereocenters. The highest BCUT2D eigenvalue weighted by molar-refractivity contribution is 5.96. The zero-order valence-electron chi connectivity index (χ0n) is 18.1. The Hall–Kier alpha value is -4.79. The molecule has 9 heteroatoms. The molecule has 1 amide bonds. The van der Waals surface area contributed by atoms with Gasteiger partial charge in [0.1, 0.15) is 6.54 Å². The molecule has 0 aliphatic rings. The standard InChI is InChI=1S/C25H22N6O3/c26-24-29-21(30-25(31-24)28-20-9-5-2-6-10-20)16-34-22(32)15-27-23(33)19-13-11-18(12-14-19)17-7-3-1-4-8-17/h1-14H,15-16H2,(H,27,33)(H3,26,28,29,30,31). The Bertz CT molecular complexity index is 1270. The molecular weight excluding hydrogens is 432 g/mol. The van der Waals surface area contributed by atoms with E-state index in [0.717, 1.165) is 16.8 Å². The molecule has 1 heterocycles. The van der Waals surface area contributed by atoms with E-state index in [4.69, 9.17) is 10.5 Å². The number of hydrogen-bond acceptors (Lipinski definition) is 8. The van der Waals surface area contributed by atoms with E-state index in [-0.39, 0.29) is 36.8 Å². The summed E-state index contributed by atoms with van der Waals surface area (Å²) in [5.74, 6) is -0.605. The van der Waals surface area contributed by atoms with Crippen molar-refractivity contribution in [3.8, 4) is 11.1 Å². The smallest absolute Gasteiger partial charge is 0.325 e. The molecule has 1 aromatic heterocycles. The number of nitrogen functional groups attached to an aromatic ring is 1. The van der Waals surface area contributed by atoms with Crippen molar-refractivity contribution >= 4 is 29.5 Å². The lowest BCUT2D eigenvalue weighted by Gasteiger charge is -2.09. The van der Waals surface area contributed by atoms with E-state index in [2.05, 4.69) is 25.6 Å². The molecule has 0 fully saturated rings. The number of nitrogens with one attached hydrogen (secondary N) is 2. The monoisotopic (exact) mass is 454 g/mol. The average molecular weight is 454 g/mol. The molecule has 0 bridgehead atoms. The van der Waals surface area contributed by atoms with Gasteiger partial charge in [0.05, 0.1) is 0 Å². The zero-order valence-corrected chi connectivity index (χ0v) is 18.1. The van der Waals surface area contributed by atoms with Crippen molar-refractivity contribution in [1.29, 1.82) is 0 Å². The maximum absolute atomic E-state index is 12.4. The summed E-state index contributed by atoms with van der Waals surface area (Å²) in [6, 6.07) is 26.3. The Morgan fingerprint density at radius 3 is 2.15 bits per heavy atom. The van der Waals surface area contributed by atoms with Crippen LogP contribution in [-0.4, -0.2) is 33.4 Å². The number of rotatable bonds is 8. The van der Waals surface area contributed by atoms with Crippen LogP contribution in [0.25, 0.3) is 11.1 Å². The van der Waals surface area contributed by atoms with Crippen molar-refractivity contribution in [2.75, 3.05) is 17.6 Å². The van der Waals surface area contributed by atoms with Crippen molar-refractivity contribution in [1.82, 2.24) is 20.3 Å². The highest BCUT2D eigenvalue weighted by Gasteiger charge is 2.11. The summed E-state index contributed by atoms with van der Waals surface area (Å²) < 4.78 is 5.16. The maximum Gasteiger partial charge on any atom is 0.325 e. The lowest BCUT2D eigenvalue weighted by Crippen LogP contribution is -2.30. The van der Waals surface area contributed by atoms with E-state index in [0.29, 0.717) is 5.56 Å². The molecule has 4 rings (SSSR count). The van der Waals surface area contributed by atoms with E-state index in [9.17, 15) is 9.59 Å². The lowest BCUT2D eigenvalue weighted by atomic mass is 10.0. The second kappa shape index (κ2) is 10.7. The summed E-state index contributed by atoms with van der Waals surface area (Å²) in [6.07, 6.45) is 0. The Morgan fingerprint density at radius 1 is 0.794 bits per heavy atom. The van der Waals surface area contributed by atoms with Gasteiger partial charge in [-0.05, 0) is 35.4 Å². The molecule has 34 heavy (non-hydrogen) atoms. The molecule has 0 atom stereocenters. The highest BCUT2D eigenvalue weighted by atomic mass is 16.5. The number of hydrogen-bond donors (Lipinski definition) is 3. The van der Waals surface area contributed by atoms with Crippen molar-refractivity contribution in [2.24, 2.45) is 0 Å². The number of benzene rings is 3. The number of nitrogens with two attached hydrogens (primary N) is 1. The van der Waals surface area contributed by atoms with Crippen LogP contribution < -0.4 is 16.4 Å². The lowest BCUT2D eigenvalue weighted by molar-refractivity contribution is -0.143. The van der Waals surface area contributed by atoms with Crippen LogP contribution >= 0.6 is 0 Å². The summed E-state index contributed by atoms with van der Waals surface area (Å²) in [4.78, 5) is 36.6. The van der Waals surface area contributed by atoms with Crippen LogP contribution in [0, 0.1) is 0 Å². The molecule has 170 valence electrons. The van der Waals surface area contributed by atoms with Gasteiger partial charge in [0.25, 0.3) is 5.91 Å². The minimum Gasteiger partial charge on any atom is -0.456 e. The maximum atomic E-state index is 12.4. The molecule has 3 aromatic carbocycles. The van der Waals surface area contributed by atoms with Crippen LogP contribution in [0.4, 0.5) is 17.6 Å². The first kappa shape index (κ1) is 22.4. The van der Waals surface area contributed by atoms with Gasteiger partial charge in [0, 0.05) is 11.3 Å². The fourth-order valence-corrected chi connectivity index (χ4v) is 3.10. The summed E-state index contributed by atoms with van der Waals surface area (Å²) >= 11 is 0. The number of carbonyl (C=O) groups is 2. The summed E-state index contributed by atoms with van der Waals surface area (Å²) in [5, 5.41) is 5.55. The van der Waals surface area contributed by atoms with Crippen LogP contribution in [0.15, 0.2) is 84.9 Å². The van der Waals surface area contributed by atoms with Crippen molar-refractivity contribution < 1.29 is 14.3 Å². The first-order chi connectivity index (χ1) is 16.6. The van der Waals surface area contributed by atoms with Crippen LogP contribution in [0.1, 0.15) is 16.2 Å². The summed E-state index contributed by atoms with van der Waals surface area (Å²) in [5.41, 5.74) is 8.99. The first-order valence-corrected chi connectivity index (χ1v) is 10.5. The second-order valence-electron chi connectivity index (χ2n) is 7.21. The SMILES string of the molecule is Nc1nc(COC(=O)CNC(=O)c2ccc(-c3ccccc3)cc2)nc(Nc2ccccc2)n1. The number of para-hydroxylation sites is 1. The van der Waals surface area contributed by atoms with Gasteiger partial charge < -0.3 is 21.1 Å². The van der Waals surface area contributed by atoms with E-state index >= 15 is 0 Å². The van der Waals surface area contributed by atoms with Gasteiger partial charge in [-0.3, -0.25) is 9.59 Å². The summed E-state index contributed by atoms with van der Waals surface area (Å²) in [6.45, 7) is -0.508. The van der Waals surface area contributed by atoms with Gasteiger partial charge in [-0.25, -0.2) is 0 Å². The van der Waals surface area contributed by atoms with Crippen molar-refractivity contribution in [3.05, 3.63) is 96.3 Å². The molecule has 0 aliphatic heterocycles. The summed E-state index contributed by atoms with van der Waals surface area (Å²) in [7, 11) is 0. The molecular formula is C25H22N6O3. The van der Waals surface area contributed by atoms with Crippen LogP contribution in [0.5, 0.6) is 0 Å². The Balaban J connectivity index is 1.27. The third-order valence-corrected chi connectivity index (χ3v) is 4.74. The number of ether oxygens (including phenoxy) is 1. The first-order valence-electron chi connectivity index (χ1n) is 10.5. The quantitative estimate of drug-likeness (QED) is 0.345. The van der Waals surface area contributed by atoms with E-state index in [1.807, 2.05) is 72.8 Å². The molecule has 4 aromatic rings. The number of aromatic nitrogens is 3. The van der Waals surface area contributed by atoms with Gasteiger partial charge in [-0.1, -0.05) is 60.7 Å².